The quantitative estimate of drug-likeness (QED) is 0.700. The largest absolute Gasteiger partial charge is 0.322 e. The highest BCUT2D eigenvalue weighted by atomic mass is 127. The van der Waals surface area contributed by atoms with Gasteiger partial charge < -0.3 is 5.32 Å². The van der Waals surface area contributed by atoms with Crippen LogP contribution in [0.15, 0.2) is 61.3 Å². The maximum atomic E-state index is 12.1. The number of rotatable bonds is 3. The van der Waals surface area contributed by atoms with Crippen molar-refractivity contribution in [3.05, 3.63) is 70.4 Å². The zero-order chi connectivity index (χ0) is 14.7. The number of nitrogens with zero attached hydrogens (tertiary/aromatic N) is 3. The topological polar surface area (TPSA) is 59.8 Å². The molecule has 0 aliphatic heterocycles. The summed E-state index contributed by atoms with van der Waals surface area (Å²) in [5.74, 6) is 0.541. The van der Waals surface area contributed by atoms with Crippen molar-refractivity contribution >= 4 is 34.2 Å². The minimum atomic E-state index is -0.180. The summed E-state index contributed by atoms with van der Waals surface area (Å²) in [6, 6.07) is 11.1. The first-order valence-corrected chi connectivity index (χ1v) is 7.31. The van der Waals surface area contributed by atoms with Crippen LogP contribution in [0.5, 0.6) is 0 Å². The molecule has 0 atom stereocenters. The van der Waals surface area contributed by atoms with Crippen molar-refractivity contribution in [3.8, 4) is 5.82 Å². The van der Waals surface area contributed by atoms with E-state index in [1.807, 2.05) is 24.3 Å². The molecule has 21 heavy (non-hydrogen) atoms. The van der Waals surface area contributed by atoms with E-state index in [2.05, 4.69) is 37.9 Å². The number of amides is 1. The lowest BCUT2D eigenvalue weighted by molar-refractivity contribution is 0.102. The number of hydrogen-bond donors (Lipinski definition) is 1. The Morgan fingerprint density at radius 2 is 1.95 bits per heavy atom. The molecule has 0 aliphatic carbocycles. The van der Waals surface area contributed by atoms with E-state index in [-0.39, 0.29) is 5.91 Å². The summed E-state index contributed by atoms with van der Waals surface area (Å²) >= 11 is 2.22. The Hall–Kier alpha value is -2.22. The maximum absolute atomic E-state index is 12.1. The van der Waals surface area contributed by atoms with Gasteiger partial charge in [-0.15, -0.1) is 0 Å². The summed E-state index contributed by atoms with van der Waals surface area (Å²) in [7, 11) is 0. The number of nitrogens with one attached hydrogen (secondary N) is 1. The fourth-order valence-electron chi connectivity index (χ4n) is 1.80. The fourth-order valence-corrected chi connectivity index (χ4v) is 2.16. The molecule has 0 bridgehead atoms. The van der Waals surface area contributed by atoms with Gasteiger partial charge in [0.15, 0.2) is 0 Å². The van der Waals surface area contributed by atoms with Crippen molar-refractivity contribution in [2.24, 2.45) is 0 Å². The SMILES string of the molecule is O=C(Nc1ccc(I)cc1)c1ccc(-n2ccnc2)nc1. The average molecular weight is 390 g/mol. The van der Waals surface area contributed by atoms with Crippen molar-refractivity contribution in [2.75, 3.05) is 5.32 Å². The summed E-state index contributed by atoms with van der Waals surface area (Å²) < 4.78 is 2.90. The van der Waals surface area contributed by atoms with Crippen LogP contribution in [0.4, 0.5) is 5.69 Å². The van der Waals surface area contributed by atoms with Crippen LogP contribution in [0.3, 0.4) is 0 Å². The molecule has 0 radical (unpaired) electrons. The highest BCUT2D eigenvalue weighted by Gasteiger charge is 2.07. The number of benzene rings is 1. The molecule has 1 N–H and O–H groups in total. The van der Waals surface area contributed by atoms with E-state index in [4.69, 9.17) is 0 Å². The number of aromatic nitrogens is 3. The van der Waals surface area contributed by atoms with Crippen LogP contribution in [0, 0.1) is 3.57 Å². The van der Waals surface area contributed by atoms with Gasteiger partial charge in [-0.3, -0.25) is 9.36 Å². The maximum Gasteiger partial charge on any atom is 0.257 e. The molecule has 0 saturated heterocycles. The number of imidazole rings is 1. The van der Waals surface area contributed by atoms with E-state index >= 15 is 0 Å². The third-order valence-electron chi connectivity index (χ3n) is 2.88. The molecule has 104 valence electrons. The monoisotopic (exact) mass is 390 g/mol. The van der Waals surface area contributed by atoms with Crippen LogP contribution in [-0.4, -0.2) is 20.4 Å². The highest BCUT2D eigenvalue weighted by molar-refractivity contribution is 14.1. The molecule has 2 heterocycles. The van der Waals surface area contributed by atoms with E-state index in [1.165, 1.54) is 0 Å². The third-order valence-corrected chi connectivity index (χ3v) is 3.60. The first-order chi connectivity index (χ1) is 10.2. The van der Waals surface area contributed by atoms with Crippen LogP contribution < -0.4 is 5.32 Å². The molecule has 6 heteroatoms. The molecule has 0 fully saturated rings. The smallest absolute Gasteiger partial charge is 0.257 e. The van der Waals surface area contributed by atoms with Crippen molar-refractivity contribution in [2.45, 2.75) is 0 Å². The Balaban J connectivity index is 1.74. The number of pyridine rings is 1. The molecular formula is C15H11IN4O. The predicted molar refractivity (Wildman–Crippen MR) is 88.5 cm³/mol. The first-order valence-electron chi connectivity index (χ1n) is 6.24. The van der Waals surface area contributed by atoms with Gasteiger partial charge in [-0.25, -0.2) is 9.97 Å². The molecule has 3 rings (SSSR count). The number of hydrogen-bond acceptors (Lipinski definition) is 3. The average Bonchev–Trinajstić information content (AvgIpc) is 3.04. The molecule has 0 aliphatic rings. The van der Waals surface area contributed by atoms with E-state index in [0.717, 1.165) is 15.1 Å². The highest BCUT2D eigenvalue weighted by Crippen LogP contribution is 2.13. The van der Waals surface area contributed by atoms with Gasteiger partial charge in [-0.2, -0.15) is 0 Å². The molecule has 1 aromatic carbocycles. The molecular weight excluding hydrogens is 379 g/mol. The predicted octanol–water partition coefficient (Wildman–Crippen LogP) is 3.12. The third kappa shape index (κ3) is 3.27. The Kier molecular flexibility index (Phi) is 3.96. The van der Waals surface area contributed by atoms with Crippen LogP contribution in [0.2, 0.25) is 0 Å². The first kappa shape index (κ1) is 13.7. The van der Waals surface area contributed by atoms with Crippen LogP contribution in [0.1, 0.15) is 10.4 Å². The zero-order valence-electron chi connectivity index (χ0n) is 10.9. The van der Waals surface area contributed by atoms with Crippen LogP contribution in [-0.2, 0) is 0 Å². The van der Waals surface area contributed by atoms with Gasteiger partial charge >= 0.3 is 0 Å². The minimum Gasteiger partial charge on any atom is -0.322 e. The van der Waals surface area contributed by atoms with Crippen LogP contribution in [0.25, 0.3) is 5.82 Å². The van der Waals surface area contributed by atoms with Gasteiger partial charge in [0, 0.05) is 27.8 Å². The molecule has 5 nitrogen and oxygen atoms in total. The van der Waals surface area contributed by atoms with Crippen molar-refractivity contribution < 1.29 is 4.79 Å². The van der Waals surface area contributed by atoms with Gasteiger partial charge in [0.25, 0.3) is 5.91 Å². The van der Waals surface area contributed by atoms with E-state index in [1.54, 1.807) is 41.6 Å². The van der Waals surface area contributed by atoms with Crippen molar-refractivity contribution in [1.29, 1.82) is 0 Å². The number of halogens is 1. The lowest BCUT2D eigenvalue weighted by Gasteiger charge is -2.06. The van der Waals surface area contributed by atoms with Crippen LogP contribution >= 0.6 is 22.6 Å². The summed E-state index contributed by atoms with van der Waals surface area (Å²) in [5, 5.41) is 2.84. The Bertz CT molecular complexity index is 736. The number of anilines is 1. The molecule has 0 spiro atoms. The summed E-state index contributed by atoms with van der Waals surface area (Å²) in [6.07, 6.45) is 6.69. The molecule has 1 amide bonds. The number of carbonyl (C=O) groups excluding carboxylic acids is 1. The van der Waals surface area contributed by atoms with Gasteiger partial charge in [0.2, 0.25) is 0 Å². The Morgan fingerprint density at radius 1 is 1.14 bits per heavy atom. The summed E-state index contributed by atoms with van der Waals surface area (Å²) in [6.45, 7) is 0. The summed E-state index contributed by atoms with van der Waals surface area (Å²) in [5.41, 5.74) is 1.27. The second kappa shape index (κ2) is 6.04. The van der Waals surface area contributed by atoms with E-state index < -0.39 is 0 Å². The van der Waals surface area contributed by atoms with Gasteiger partial charge in [-0.1, -0.05) is 0 Å². The standard InChI is InChI=1S/C15H11IN4O/c16-12-2-4-13(5-3-12)19-15(21)11-1-6-14(18-9-11)20-8-7-17-10-20/h1-10H,(H,19,21). The zero-order valence-corrected chi connectivity index (χ0v) is 13.1. The molecule has 3 aromatic rings. The lowest BCUT2D eigenvalue weighted by atomic mass is 10.2. The molecule has 2 aromatic heterocycles. The van der Waals surface area contributed by atoms with Gasteiger partial charge in [-0.05, 0) is 59.0 Å². The van der Waals surface area contributed by atoms with Crippen molar-refractivity contribution in [1.82, 2.24) is 14.5 Å². The second-order valence-electron chi connectivity index (χ2n) is 4.34. The normalized spacial score (nSPS) is 10.3. The molecule has 0 unspecified atom stereocenters. The minimum absolute atomic E-state index is 0.180. The van der Waals surface area contributed by atoms with Gasteiger partial charge in [0.05, 0.1) is 5.56 Å². The van der Waals surface area contributed by atoms with E-state index in [9.17, 15) is 4.79 Å². The Labute approximate surface area is 135 Å². The Morgan fingerprint density at radius 3 is 2.57 bits per heavy atom. The summed E-state index contributed by atoms with van der Waals surface area (Å²) in [4.78, 5) is 20.3. The van der Waals surface area contributed by atoms with Gasteiger partial charge in [0.1, 0.15) is 12.1 Å². The fraction of sp³-hybridized carbons (Fsp3) is 0. The second-order valence-corrected chi connectivity index (χ2v) is 5.58. The molecule has 0 saturated carbocycles. The lowest BCUT2D eigenvalue weighted by Crippen LogP contribution is -2.12. The van der Waals surface area contributed by atoms with Crippen molar-refractivity contribution in [3.63, 3.8) is 0 Å². The number of carbonyl (C=O) groups is 1. The van der Waals surface area contributed by atoms with E-state index in [0.29, 0.717) is 5.56 Å².